The highest BCUT2D eigenvalue weighted by molar-refractivity contribution is 5.90. The highest BCUT2D eigenvalue weighted by atomic mass is 16.6. The van der Waals surface area contributed by atoms with E-state index in [-0.39, 0.29) is 92.6 Å². The first kappa shape index (κ1) is 105. The molecule has 5 aliphatic carbocycles. The number of esters is 1. The lowest BCUT2D eigenvalue weighted by Gasteiger charge is -2.27. The van der Waals surface area contributed by atoms with Crippen molar-refractivity contribution in [2.75, 3.05) is 0 Å². The number of aryl methyl sites for hydroxylation is 10. The van der Waals surface area contributed by atoms with Crippen LogP contribution in [0.15, 0.2) is 170 Å². The van der Waals surface area contributed by atoms with E-state index in [1.165, 1.54) is 130 Å². The van der Waals surface area contributed by atoms with Crippen molar-refractivity contribution in [2.24, 2.45) is 0 Å². The predicted octanol–water partition coefficient (Wildman–Crippen LogP) is 24.0. The Balaban J connectivity index is 0.000000143. The van der Waals surface area contributed by atoms with Gasteiger partial charge in [-0.1, -0.05) is 134 Å². The molecule has 10 atom stereocenters. The first-order valence-electron chi connectivity index (χ1n) is 49.8. The predicted molar refractivity (Wildman–Crippen MR) is 548 cm³/mol. The summed E-state index contributed by atoms with van der Waals surface area (Å²) >= 11 is 0. The lowest BCUT2D eigenvalue weighted by atomic mass is 9.91. The molecule has 6 fully saturated rings. The van der Waals surface area contributed by atoms with Crippen LogP contribution in [0.25, 0.3) is 29.1 Å². The van der Waals surface area contributed by atoms with E-state index in [1.807, 2.05) is 6.07 Å². The van der Waals surface area contributed by atoms with Crippen LogP contribution in [0.1, 0.15) is 336 Å². The van der Waals surface area contributed by atoms with Crippen LogP contribution in [0.3, 0.4) is 0 Å². The minimum atomic E-state index is -1.09. The van der Waals surface area contributed by atoms with Crippen molar-refractivity contribution in [3.63, 3.8) is 0 Å². The maximum Gasteiger partial charge on any atom is 0.338 e. The summed E-state index contributed by atoms with van der Waals surface area (Å²) in [6.07, 6.45) is 16.7. The number of non-ortho nitro benzene ring substituents is 2. The average Bonchev–Trinajstić information content (AvgIpc) is 1.62. The molecule has 10 aromatic heterocycles. The third-order valence-corrected chi connectivity index (χ3v) is 27.7. The van der Waals surface area contributed by atoms with Gasteiger partial charge in [-0.05, 0) is 256 Å². The molecule has 0 amide bonds. The fraction of sp³-hybridized carbons (Fsp3) is 0.505. The van der Waals surface area contributed by atoms with Crippen molar-refractivity contribution in [1.29, 1.82) is 0 Å². The zero-order chi connectivity index (χ0) is 102. The molecular formula is C111H149N17O12. The Morgan fingerprint density at radius 1 is 0.379 bits per heavy atom. The van der Waals surface area contributed by atoms with Gasteiger partial charge in [-0.2, -0.15) is 25.5 Å². The highest BCUT2D eigenvalue weighted by Crippen LogP contribution is 2.44. The minimum Gasteiger partial charge on any atom is -0.478 e. The average molecular weight is 1910 g/mol. The number of carbonyl (C=O) groups excluding carboxylic acids is 1. The van der Waals surface area contributed by atoms with Gasteiger partial charge < -0.3 is 52.4 Å². The number of carboxylic acid groups (broad SMARTS) is 1. The van der Waals surface area contributed by atoms with Gasteiger partial charge >= 0.3 is 11.9 Å². The van der Waals surface area contributed by atoms with Crippen molar-refractivity contribution in [3.8, 4) is 29.1 Å². The molecule has 3 unspecified atom stereocenters. The Morgan fingerprint density at radius 2 is 0.679 bits per heavy atom. The molecule has 3 aromatic carbocycles. The van der Waals surface area contributed by atoms with E-state index >= 15 is 0 Å². The fourth-order valence-corrected chi connectivity index (χ4v) is 19.9. The number of carbonyl (C=O) groups is 2. The number of hydrogen-bond donors (Lipinski definition) is 4. The Labute approximate surface area is 825 Å². The zero-order valence-corrected chi connectivity index (χ0v) is 86.9. The van der Waals surface area contributed by atoms with Crippen molar-refractivity contribution in [2.45, 2.75) is 364 Å². The second-order valence-electron chi connectivity index (χ2n) is 43.9. The van der Waals surface area contributed by atoms with Gasteiger partial charge in [0, 0.05) is 167 Å². The first-order valence-corrected chi connectivity index (χ1v) is 49.8. The summed E-state index contributed by atoms with van der Waals surface area (Å²) in [5, 5.41) is 77.5. The summed E-state index contributed by atoms with van der Waals surface area (Å²) in [5.41, 5.74) is 19.2. The second-order valence-corrected chi connectivity index (χ2v) is 43.9. The summed E-state index contributed by atoms with van der Waals surface area (Å²) < 4.78 is 36.9. The topological polar surface area (TPSA) is 337 Å². The lowest BCUT2D eigenvalue weighted by Crippen LogP contribution is -2.29. The summed E-state index contributed by atoms with van der Waals surface area (Å²) in [5.74, 6) is 3.22. The number of nitro groups is 2. The van der Waals surface area contributed by atoms with Crippen LogP contribution in [0.4, 0.5) is 11.4 Å². The van der Waals surface area contributed by atoms with Crippen molar-refractivity contribution in [1.82, 2.24) is 72.2 Å². The van der Waals surface area contributed by atoms with Crippen molar-refractivity contribution < 1.29 is 49.0 Å². The standard InChI is InChI=1S/C25H30N4O4.C25H33N3O.2C18H27N3O.C13H19N3.C7H5NO4.C5H8O/c1-16-9-10-17(2)27(16)23-15-22(25(3,4)5)28(26-23)20-7-6-8-21(20)33-24(30)18-11-13-19(14-12-18)29(31)32;1-18-14-15-19(2)27(18)24-16-23(25(3,4)5)28(26-24)21-12-9-13-22(21)29-17-20-10-7-6-8-11-20;2*1-12-9-10-13(2)20(12)17-11-16(18(3,4)5)21(19-17)14-7-6-8-15(14)22;1-9-6-7-10(2)16(9)12-8-11(14-15-12)13(3,4)5;9-7(10)5-1-3-6(4-2-5)8(11)12;1-2-4-5(3-1)6-4/h9-15,20-21H,6-8H2,1-5H3;6-8,10-11,14-16,21-22H,9,12-13,17H2,1-5H3;2*9-11,14-15,22H,6-8H2,1-5H3;6-8H,1-5H3,(H,14,15);1-4H,(H,9,10);4-5H,1-3H2/t20-,21+;21-,22+;14?,15-;14-,15+;;;/m0000.../s1. The summed E-state index contributed by atoms with van der Waals surface area (Å²) in [7, 11) is 0. The molecule has 0 spiro atoms. The Morgan fingerprint density at radius 3 is 0.964 bits per heavy atom. The number of aliphatic hydroxyl groups excluding tert-OH is 2. The van der Waals surface area contributed by atoms with E-state index in [0.29, 0.717) is 24.4 Å². The Hall–Kier alpha value is -12.3. The van der Waals surface area contributed by atoms with Crippen LogP contribution in [0, 0.1) is 89.5 Å². The number of aromatic amines is 1. The summed E-state index contributed by atoms with van der Waals surface area (Å²) in [6, 6.07) is 53.2. The van der Waals surface area contributed by atoms with Gasteiger partial charge in [-0.3, -0.25) is 44.1 Å². The summed E-state index contributed by atoms with van der Waals surface area (Å²) in [6.45, 7) is 54.8. The number of nitro benzene ring substituents is 2. The molecule has 4 N–H and O–H groups in total. The second kappa shape index (κ2) is 43.4. The van der Waals surface area contributed by atoms with Crippen molar-refractivity contribution >= 4 is 23.3 Å². The van der Waals surface area contributed by atoms with Gasteiger partial charge in [0.15, 0.2) is 29.1 Å². The number of nitrogens with zero attached hydrogens (tertiary/aromatic N) is 16. The lowest BCUT2D eigenvalue weighted by molar-refractivity contribution is -0.385. The number of ether oxygens (including phenoxy) is 3. The zero-order valence-electron chi connectivity index (χ0n) is 86.9. The number of H-pyrrole nitrogens is 1. The fourth-order valence-electron chi connectivity index (χ4n) is 19.9. The van der Waals surface area contributed by atoms with Crippen LogP contribution in [-0.4, -0.2) is 146 Å². The quantitative estimate of drug-likeness (QED) is 0.0285. The number of epoxide rings is 1. The summed E-state index contributed by atoms with van der Waals surface area (Å²) in [4.78, 5) is 43.1. The van der Waals surface area contributed by atoms with Gasteiger partial charge in [0.2, 0.25) is 0 Å². The smallest absolute Gasteiger partial charge is 0.338 e. The molecule has 750 valence electrons. The molecule has 11 heterocycles. The molecule has 0 bridgehead atoms. The largest absolute Gasteiger partial charge is 0.478 e. The maximum atomic E-state index is 12.8. The minimum absolute atomic E-state index is 0.00250. The molecule has 13 aromatic rings. The molecule has 1 saturated heterocycles. The van der Waals surface area contributed by atoms with E-state index in [1.54, 1.807) is 0 Å². The SMILES string of the molecule is C1CC2OC2C1.Cc1ccc(C)n1-c1cc(C(C)(C)C)[nH]n1.Cc1ccc(C)n1-c1cc(C(C)(C)C)n(C2CCC[C@@H]2O)n1.Cc1ccc(C)n1-c1cc(C(C)(C)C)n([C@H]2CCC[C@H]2O)n1.Cc1ccc(C)n1-c1cc(C(C)(C)C)n([C@H]2CCC[C@H]2OC(=O)c2ccc([N+](=O)[O-])cc2)n1.Cc1ccc(C)n1-c1cc(C(C)(C)C)n([C@H]2CCC[C@H]2OCc2ccccc2)n1.O=C(O)c1ccc([N+](=O)[O-])cc1. The van der Waals surface area contributed by atoms with E-state index in [2.05, 4.69) is 340 Å². The number of benzene rings is 3. The number of aromatic nitrogens is 15. The molecule has 19 rings (SSSR count). The van der Waals surface area contributed by atoms with E-state index in [0.717, 1.165) is 135 Å². The van der Waals surface area contributed by atoms with Crippen LogP contribution < -0.4 is 0 Å². The third kappa shape index (κ3) is 24.8. The molecule has 5 saturated carbocycles. The molecule has 29 nitrogen and oxygen atoms in total. The van der Waals surface area contributed by atoms with Gasteiger partial charge in [0.1, 0.15) is 6.10 Å². The number of hydrogen-bond acceptors (Lipinski definition) is 16. The van der Waals surface area contributed by atoms with Crippen LogP contribution in [0.2, 0.25) is 0 Å². The number of rotatable bonds is 17. The van der Waals surface area contributed by atoms with E-state index in [9.17, 15) is 40.0 Å². The van der Waals surface area contributed by atoms with Gasteiger partial charge in [-0.25, -0.2) is 9.59 Å². The normalized spacial score (nSPS) is 19.9. The van der Waals surface area contributed by atoms with E-state index in [4.69, 9.17) is 39.7 Å². The van der Waals surface area contributed by atoms with Gasteiger partial charge in [0.05, 0.1) is 82.3 Å². The number of aliphatic hydroxyl groups is 2. The molecule has 1 aliphatic heterocycles. The van der Waals surface area contributed by atoms with Crippen LogP contribution in [-0.2, 0) is 47.9 Å². The highest BCUT2D eigenvalue weighted by Gasteiger charge is 2.43. The Bertz CT molecular complexity index is 6140. The number of nitrogens with one attached hydrogen (secondary N) is 1. The number of aromatic carboxylic acids is 1. The van der Waals surface area contributed by atoms with Gasteiger partial charge in [-0.15, -0.1) is 0 Å². The molecule has 6 aliphatic rings. The Kier molecular flexibility index (Phi) is 32.6. The van der Waals surface area contributed by atoms with Crippen molar-refractivity contribution in [3.05, 3.63) is 292 Å². The molecule has 140 heavy (non-hydrogen) atoms. The molecule has 29 heteroatoms. The molecule has 0 radical (unpaired) electrons. The maximum absolute atomic E-state index is 12.8. The third-order valence-electron chi connectivity index (χ3n) is 27.7. The van der Waals surface area contributed by atoms with E-state index < -0.39 is 21.8 Å². The first-order chi connectivity index (χ1) is 65.9. The van der Waals surface area contributed by atoms with Crippen LogP contribution in [0.5, 0.6) is 0 Å². The monoisotopic (exact) mass is 1910 g/mol. The van der Waals surface area contributed by atoms with Crippen LogP contribution >= 0.6 is 0 Å². The van der Waals surface area contributed by atoms with Gasteiger partial charge in [0.25, 0.3) is 11.4 Å². The molecular weight excluding hydrogens is 1760 g/mol. The number of fused-ring (bicyclic) bond motifs is 1. The number of carboxylic acids is 1.